The lowest BCUT2D eigenvalue weighted by Gasteiger charge is -2.17. The second kappa shape index (κ2) is 8.12. The summed E-state index contributed by atoms with van der Waals surface area (Å²) in [6.45, 7) is 0. The maximum atomic E-state index is 12.6. The number of hydrogen-bond acceptors (Lipinski definition) is 5. The van der Waals surface area contributed by atoms with Crippen molar-refractivity contribution in [3.63, 3.8) is 0 Å². The molecule has 26 heavy (non-hydrogen) atoms. The second-order valence-corrected chi connectivity index (χ2v) is 6.82. The lowest BCUT2D eigenvalue weighted by Crippen LogP contribution is -2.16. The van der Waals surface area contributed by atoms with E-state index < -0.39 is 0 Å². The van der Waals surface area contributed by atoms with Crippen LogP contribution in [-0.4, -0.2) is 35.3 Å². The Morgan fingerprint density at radius 1 is 1.23 bits per heavy atom. The molecule has 1 fully saturated rings. The average Bonchev–Trinajstić information content (AvgIpc) is 3.03. The fourth-order valence-electron chi connectivity index (χ4n) is 2.83. The number of ether oxygens (including phenoxy) is 2. The largest absolute Gasteiger partial charge is 0.493 e. The van der Waals surface area contributed by atoms with Gasteiger partial charge < -0.3 is 19.9 Å². The van der Waals surface area contributed by atoms with Gasteiger partial charge in [-0.1, -0.05) is 23.2 Å². The quantitative estimate of drug-likeness (QED) is 0.799. The Balaban J connectivity index is 1.81. The first-order valence-corrected chi connectivity index (χ1v) is 8.86. The van der Waals surface area contributed by atoms with Crippen LogP contribution < -0.4 is 14.8 Å². The third kappa shape index (κ3) is 4.20. The summed E-state index contributed by atoms with van der Waals surface area (Å²) in [5, 5.41) is 12.8. The molecule has 0 aliphatic heterocycles. The highest BCUT2D eigenvalue weighted by molar-refractivity contribution is 6.39. The molecule has 0 bridgehead atoms. The van der Waals surface area contributed by atoms with E-state index in [1.807, 2.05) is 0 Å². The monoisotopic (exact) mass is 396 g/mol. The van der Waals surface area contributed by atoms with Crippen LogP contribution in [0.15, 0.2) is 30.6 Å². The number of nitrogens with one attached hydrogen (secondary N) is 1. The van der Waals surface area contributed by atoms with Crippen molar-refractivity contribution in [3.05, 3.63) is 46.2 Å². The number of nitrogens with zero attached hydrogens (tertiary/aromatic N) is 1. The van der Waals surface area contributed by atoms with E-state index in [1.165, 1.54) is 19.5 Å². The van der Waals surface area contributed by atoms with Gasteiger partial charge in [-0.3, -0.25) is 9.78 Å². The minimum atomic E-state index is -0.390. The van der Waals surface area contributed by atoms with E-state index in [-0.39, 0.29) is 28.2 Å². The number of aliphatic hydroxyl groups is 1. The Labute approximate surface area is 161 Å². The zero-order valence-corrected chi connectivity index (χ0v) is 15.5. The Morgan fingerprint density at radius 3 is 2.58 bits per heavy atom. The predicted octanol–water partition coefficient (Wildman–Crippen LogP) is 3.94. The summed E-state index contributed by atoms with van der Waals surface area (Å²) in [5.41, 5.74) is 0.661. The zero-order chi connectivity index (χ0) is 18.7. The van der Waals surface area contributed by atoms with Gasteiger partial charge in [0.15, 0.2) is 11.5 Å². The van der Waals surface area contributed by atoms with E-state index in [9.17, 15) is 9.90 Å². The molecule has 1 saturated carbocycles. The number of methoxy groups -OCH3 is 1. The van der Waals surface area contributed by atoms with Crippen LogP contribution in [0, 0.1) is 0 Å². The SMILES string of the molecule is COc1ccc(C(=O)Nc2c(Cl)cncc2Cl)cc1O[C@@H]1CC[C@H](O)C1. The number of amides is 1. The van der Waals surface area contributed by atoms with E-state index >= 15 is 0 Å². The van der Waals surface area contributed by atoms with Gasteiger partial charge in [0, 0.05) is 24.4 Å². The summed E-state index contributed by atoms with van der Waals surface area (Å²) in [7, 11) is 1.53. The standard InChI is InChI=1S/C18H18Cl2N2O4/c1-25-15-5-2-10(6-16(15)26-12-4-3-11(23)7-12)18(24)22-17-13(19)8-21-9-14(17)20/h2,5-6,8-9,11-12,23H,3-4,7H2,1H3,(H,21,22,24)/t11-,12+/m0/s1. The van der Waals surface area contributed by atoms with Crippen molar-refractivity contribution in [2.45, 2.75) is 31.5 Å². The molecule has 1 aliphatic rings. The maximum Gasteiger partial charge on any atom is 0.255 e. The first-order valence-electron chi connectivity index (χ1n) is 8.11. The van der Waals surface area contributed by atoms with Crippen molar-refractivity contribution in [1.82, 2.24) is 4.98 Å². The van der Waals surface area contributed by atoms with Gasteiger partial charge in [0.05, 0.1) is 28.9 Å². The Bertz CT molecular complexity index is 796. The van der Waals surface area contributed by atoms with Crippen LogP contribution in [0.4, 0.5) is 5.69 Å². The van der Waals surface area contributed by atoms with Crippen LogP contribution in [0.1, 0.15) is 29.6 Å². The van der Waals surface area contributed by atoms with Crippen LogP contribution in [0.2, 0.25) is 10.0 Å². The van der Waals surface area contributed by atoms with Gasteiger partial charge in [0.1, 0.15) is 6.10 Å². The summed E-state index contributed by atoms with van der Waals surface area (Å²) < 4.78 is 11.2. The van der Waals surface area contributed by atoms with Crippen molar-refractivity contribution in [3.8, 4) is 11.5 Å². The smallest absolute Gasteiger partial charge is 0.255 e. The molecule has 6 nitrogen and oxygen atoms in total. The Morgan fingerprint density at radius 2 is 1.96 bits per heavy atom. The van der Waals surface area contributed by atoms with Gasteiger partial charge in [-0.25, -0.2) is 0 Å². The van der Waals surface area contributed by atoms with Gasteiger partial charge in [-0.15, -0.1) is 0 Å². The maximum absolute atomic E-state index is 12.6. The summed E-state index contributed by atoms with van der Waals surface area (Å²) in [6, 6.07) is 4.88. The summed E-state index contributed by atoms with van der Waals surface area (Å²) in [6.07, 6.45) is 4.35. The first kappa shape index (κ1) is 18.8. The first-order chi connectivity index (χ1) is 12.5. The highest BCUT2D eigenvalue weighted by atomic mass is 35.5. The van der Waals surface area contributed by atoms with Gasteiger partial charge in [-0.2, -0.15) is 0 Å². The topological polar surface area (TPSA) is 80.7 Å². The minimum absolute atomic E-state index is 0.110. The molecule has 1 aromatic carbocycles. The highest BCUT2D eigenvalue weighted by Gasteiger charge is 2.25. The molecule has 2 atom stereocenters. The Kier molecular flexibility index (Phi) is 5.86. The number of benzene rings is 1. The van der Waals surface area contributed by atoms with Crippen LogP contribution in [-0.2, 0) is 0 Å². The molecule has 0 unspecified atom stereocenters. The van der Waals surface area contributed by atoms with E-state index in [0.717, 1.165) is 6.42 Å². The van der Waals surface area contributed by atoms with Gasteiger partial charge in [-0.05, 0) is 31.0 Å². The number of rotatable bonds is 5. The number of hydrogen-bond donors (Lipinski definition) is 2. The number of carbonyl (C=O) groups excluding carboxylic acids is 1. The number of pyridine rings is 1. The van der Waals surface area contributed by atoms with E-state index in [0.29, 0.717) is 35.6 Å². The normalized spacial score (nSPS) is 19.2. The number of aliphatic hydroxyl groups excluding tert-OH is 1. The van der Waals surface area contributed by atoms with Crippen LogP contribution in [0.3, 0.4) is 0 Å². The fraction of sp³-hybridized carbons (Fsp3) is 0.333. The van der Waals surface area contributed by atoms with E-state index in [2.05, 4.69) is 10.3 Å². The lowest BCUT2D eigenvalue weighted by atomic mass is 10.1. The number of carbonyl (C=O) groups is 1. The van der Waals surface area contributed by atoms with Crippen LogP contribution in [0.25, 0.3) is 0 Å². The molecule has 0 saturated heterocycles. The van der Waals surface area contributed by atoms with Crippen molar-refractivity contribution in [2.75, 3.05) is 12.4 Å². The summed E-state index contributed by atoms with van der Waals surface area (Å²) >= 11 is 12.1. The molecule has 138 valence electrons. The van der Waals surface area contributed by atoms with Crippen LogP contribution in [0.5, 0.6) is 11.5 Å². The molecular weight excluding hydrogens is 379 g/mol. The summed E-state index contributed by atoms with van der Waals surface area (Å²) in [4.78, 5) is 16.4. The number of anilines is 1. The fourth-order valence-corrected chi connectivity index (χ4v) is 3.29. The molecule has 3 rings (SSSR count). The lowest BCUT2D eigenvalue weighted by molar-refractivity contribution is 0.102. The van der Waals surface area contributed by atoms with E-state index in [4.69, 9.17) is 32.7 Å². The van der Waals surface area contributed by atoms with Gasteiger partial charge >= 0.3 is 0 Å². The molecule has 2 aromatic rings. The molecule has 1 aliphatic carbocycles. The second-order valence-electron chi connectivity index (χ2n) is 6.00. The molecule has 1 heterocycles. The average molecular weight is 397 g/mol. The van der Waals surface area contributed by atoms with Crippen molar-refractivity contribution >= 4 is 34.8 Å². The molecule has 2 N–H and O–H groups in total. The van der Waals surface area contributed by atoms with Crippen molar-refractivity contribution in [1.29, 1.82) is 0 Å². The third-order valence-corrected chi connectivity index (χ3v) is 4.74. The minimum Gasteiger partial charge on any atom is -0.493 e. The number of aromatic nitrogens is 1. The van der Waals surface area contributed by atoms with Gasteiger partial charge in [0.25, 0.3) is 5.91 Å². The summed E-state index contributed by atoms with van der Waals surface area (Å²) in [5.74, 6) is 0.577. The van der Waals surface area contributed by atoms with Crippen LogP contribution >= 0.6 is 23.2 Å². The molecule has 8 heteroatoms. The molecule has 0 radical (unpaired) electrons. The van der Waals surface area contributed by atoms with Gasteiger partial charge in [0.2, 0.25) is 0 Å². The molecule has 1 aromatic heterocycles. The Hall–Kier alpha value is -2.02. The van der Waals surface area contributed by atoms with E-state index in [1.54, 1.807) is 18.2 Å². The molecule has 0 spiro atoms. The highest BCUT2D eigenvalue weighted by Crippen LogP contribution is 2.34. The molecule has 1 amide bonds. The zero-order valence-electron chi connectivity index (χ0n) is 14.0. The van der Waals surface area contributed by atoms with Crippen molar-refractivity contribution < 1.29 is 19.4 Å². The number of halogens is 2. The molecular formula is C18H18Cl2N2O4. The third-order valence-electron chi connectivity index (χ3n) is 4.17. The predicted molar refractivity (Wildman–Crippen MR) is 99.5 cm³/mol. The van der Waals surface area contributed by atoms with Crippen molar-refractivity contribution in [2.24, 2.45) is 0 Å².